The molecule has 3 aromatic rings. The molecule has 3 aromatic heterocycles. The van der Waals surface area contributed by atoms with Crippen LogP contribution in [-0.2, 0) is 6.42 Å². The van der Waals surface area contributed by atoms with Gasteiger partial charge in [-0.15, -0.1) is 24.8 Å². The first-order chi connectivity index (χ1) is 13.2. The fourth-order valence-corrected chi connectivity index (χ4v) is 4.12. The van der Waals surface area contributed by atoms with E-state index < -0.39 is 0 Å². The third kappa shape index (κ3) is 3.72. The Bertz CT molecular complexity index is 993. The first-order valence-corrected chi connectivity index (χ1v) is 9.54. The van der Waals surface area contributed by atoms with Crippen LogP contribution >= 0.6 is 24.8 Å². The number of nitrogens with two attached hydrogens (primary N) is 1. The number of hydrogen-bond donors (Lipinski definition) is 2. The van der Waals surface area contributed by atoms with Crippen molar-refractivity contribution < 1.29 is 0 Å². The Morgan fingerprint density at radius 3 is 2.90 bits per heavy atom. The molecular weight excluding hydrogens is 411 g/mol. The second-order valence-corrected chi connectivity index (χ2v) is 7.88. The minimum atomic E-state index is 0. The molecule has 0 saturated carbocycles. The van der Waals surface area contributed by atoms with E-state index in [2.05, 4.69) is 38.0 Å². The Kier molecular flexibility index (Phi) is 6.16. The maximum Gasteiger partial charge on any atom is 0.183 e. The quantitative estimate of drug-likeness (QED) is 0.650. The molecule has 3 N–H and O–H groups in total. The molecule has 0 bridgehead atoms. The van der Waals surface area contributed by atoms with E-state index in [9.17, 15) is 0 Å². The molecular formula is C19H26Cl2N8. The minimum Gasteiger partial charge on any atom is -0.355 e. The van der Waals surface area contributed by atoms with Gasteiger partial charge in [-0.1, -0.05) is 6.92 Å². The molecule has 8 nitrogen and oxygen atoms in total. The summed E-state index contributed by atoms with van der Waals surface area (Å²) < 4.78 is 0. The van der Waals surface area contributed by atoms with E-state index in [1.807, 2.05) is 18.5 Å². The van der Waals surface area contributed by atoms with Gasteiger partial charge in [0.15, 0.2) is 17.0 Å². The summed E-state index contributed by atoms with van der Waals surface area (Å²) in [5, 5.41) is 7.62. The number of fused-ring (bicyclic) bond motifs is 2. The second kappa shape index (κ2) is 8.30. The van der Waals surface area contributed by atoms with Gasteiger partial charge >= 0.3 is 0 Å². The molecule has 0 aliphatic carbocycles. The van der Waals surface area contributed by atoms with E-state index in [0.29, 0.717) is 6.54 Å². The summed E-state index contributed by atoms with van der Waals surface area (Å²) in [7, 11) is 0. The first kappa shape index (κ1) is 21.5. The number of nitrogens with zero attached hydrogens (tertiary/aromatic N) is 6. The smallest absolute Gasteiger partial charge is 0.183 e. The Labute approximate surface area is 182 Å². The van der Waals surface area contributed by atoms with Crippen LogP contribution < -0.4 is 15.5 Å². The van der Waals surface area contributed by atoms with Crippen molar-refractivity contribution in [2.24, 2.45) is 11.1 Å². The number of H-pyrrole nitrogens is 1. The van der Waals surface area contributed by atoms with Crippen molar-refractivity contribution in [1.29, 1.82) is 0 Å². The van der Waals surface area contributed by atoms with Crippen molar-refractivity contribution in [3.63, 3.8) is 0 Å². The molecule has 0 amide bonds. The molecule has 1 atom stereocenters. The summed E-state index contributed by atoms with van der Waals surface area (Å²) in [6.07, 6.45) is 6.84. The first-order valence-electron chi connectivity index (χ1n) is 9.54. The highest BCUT2D eigenvalue weighted by Crippen LogP contribution is 2.35. The minimum absolute atomic E-state index is 0. The molecule has 0 spiro atoms. The SMILES string of the molecule is CC1(CN)CCN(c2cnc3c(N4CCCc5ncccc54)n[nH]c3n2)C1.Cl.Cl. The number of pyridine rings is 1. The number of aromatic nitrogens is 5. The highest BCUT2D eigenvalue weighted by atomic mass is 35.5. The van der Waals surface area contributed by atoms with E-state index >= 15 is 0 Å². The number of nitrogens with one attached hydrogen (secondary N) is 1. The van der Waals surface area contributed by atoms with Crippen LogP contribution in [0.1, 0.15) is 25.5 Å². The molecule has 5 rings (SSSR count). The van der Waals surface area contributed by atoms with Crippen LogP contribution in [0.4, 0.5) is 17.3 Å². The molecule has 5 heterocycles. The molecule has 1 saturated heterocycles. The number of aryl methyl sites for hydroxylation is 1. The zero-order chi connectivity index (χ0) is 18.4. The van der Waals surface area contributed by atoms with Gasteiger partial charge in [-0.25, -0.2) is 9.97 Å². The van der Waals surface area contributed by atoms with Crippen LogP contribution in [0.5, 0.6) is 0 Å². The normalized spacial score (nSPS) is 20.9. The molecule has 0 radical (unpaired) electrons. The third-order valence-corrected chi connectivity index (χ3v) is 5.82. The van der Waals surface area contributed by atoms with Gasteiger partial charge in [0, 0.05) is 25.8 Å². The Morgan fingerprint density at radius 2 is 2.10 bits per heavy atom. The van der Waals surface area contributed by atoms with Crippen LogP contribution in [0.15, 0.2) is 24.5 Å². The van der Waals surface area contributed by atoms with E-state index in [-0.39, 0.29) is 30.2 Å². The zero-order valence-corrected chi connectivity index (χ0v) is 18.0. The van der Waals surface area contributed by atoms with Crippen LogP contribution in [-0.4, -0.2) is 51.3 Å². The summed E-state index contributed by atoms with van der Waals surface area (Å²) >= 11 is 0. The maximum absolute atomic E-state index is 5.93. The van der Waals surface area contributed by atoms with E-state index in [1.165, 1.54) is 0 Å². The fourth-order valence-electron chi connectivity index (χ4n) is 4.12. The largest absolute Gasteiger partial charge is 0.355 e. The van der Waals surface area contributed by atoms with Crippen molar-refractivity contribution in [3.8, 4) is 0 Å². The number of anilines is 3. The lowest BCUT2D eigenvalue weighted by Gasteiger charge is -2.28. The lowest BCUT2D eigenvalue weighted by molar-refractivity contribution is 0.383. The van der Waals surface area contributed by atoms with Crippen molar-refractivity contribution in [1.82, 2.24) is 25.1 Å². The van der Waals surface area contributed by atoms with Gasteiger partial charge in [0.05, 0.1) is 17.6 Å². The van der Waals surface area contributed by atoms with Crippen molar-refractivity contribution in [3.05, 3.63) is 30.2 Å². The van der Waals surface area contributed by atoms with Crippen molar-refractivity contribution in [2.45, 2.75) is 26.2 Å². The zero-order valence-electron chi connectivity index (χ0n) is 16.3. The molecule has 1 unspecified atom stereocenters. The molecule has 156 valence electrons. The van der Waals surface area contributed by atoms with Crippen LogP contribution in [0.25, 0.3) is 11.2 Å². The molecule has 29 heavy (non-hydrogen) atoms. The predicted octanol–water partition coefficient (Wildman–Crippen LogP) is 2.85. The Morgan fingerprint density at radius 1 is 1.24 bits per heavy atom. The number of rotatable bonds is 3. The average Bonchev–Trinajstić information content (AvgIpc) is 3.31. The summed E-state index contributed by atoms with van der Waals surface area (Å²) in [6.45, 7) is 5.70. The molecule has 10 heteroatoms. The number of halogens is 2. The topological polar surface area (TPSA) is 99.9 Å². The molecule has 0 aromatic carbocycles. The fraction of sp³-hybridized carbons (Fsp3) is 0.474. The third-order valence-electron chi connectivity index (χ3n) is 5.82. The van der Waals surface area contributed by atoms with Gasteiger partial charge < -0.3 is 15.5 Å². The van der Waals surface area contributed by atoms with Gasteiger partial charge in [0.25, 0.3) is 0 Å². The highest BCUT2D eigenvalue weighted by Gasteiger charge is 2.33. The lowest BCUT2D eigenvalue weighted by Crippen LogP contribution is -2.31. The highest BCUT2D eigenvalue weighted by molar-refractivity contribution is 5.87. The summed E-state index contributed by atoms with van der Waals surface area (Å²) in [5.41, 5.74) is 9.84. The number of aromatic amines is 1. The van der Waals surface area contributed by atoms with Gasteiger partial charge in [0.2, 0.25) is 0 Å². The van der Waals surface area contributed by atoms with Crippen molar-refractivity contribution in [2.75, 3.05) is 36.0 Å². The Hall–Kier alpha value is -2.16. The van der Waals surface area contributed by atoms with Gasteiger partial charge in [-0.05, 0) is 43.4 Å². The molecule has 1 fully saturated rings. The predicted molar refractivity (Wildman–Crippen MR) is 120 cm³/mol. The van der Waals surface area contributed by atoms with E-state index in [0.717, 1.165) is 73.1 Å². The van der Waals surface area contributed by atoms with Gasteiger partial charge in [-0.3, -0.25) is 10.1 Å². The summed E-state index contributed by atoms with van der Waals surface area (Å²) in [5.74, 6) is 1.71. The standard InChI is InChI=1S/C19H24N8.2ClH/c1-19(11-20)6-9-26(12-19)15-10-22-16-17(23-15)24-25-18(16)27-8-3-4-13-14(27)5-2-7-21-13;;/h2,5,7,10H,3-4,6,8-9,11-12,20H2,1H3,(H,23,24,25);2*1H. The number of hydrogen-bond acceptors (Lipinski definition) is 7. The molecule has 2 aliphatic heterocycles. The second-order valence-electron chi connectivity index (χ2n) is 7.88. The van der Waals surface area contributed by atoms with E-state index in [1.54, 1.807) is 0 Å². The Balaban J connectivity index is 0.00000120. The lowest BCUT2D eigenvalue weighted by atomic mass is 9.90. The van der Waals surface area contributed by atoms with Crippen LogP contribution in [0.2, 0.25) is 0 Å². The maximum atomic E-state index is 5.93. The van der Waals surface area contributed by atoms with Crippen LogP contribution in [0.3, 0.4) is 0 Å². The van der Waals surface area contributed by atoms with E-state index in [4.69, 9.17) is 15.7 Å². The van der Waals surface area contributed by atoms with Gasteiger partial charge in [0.1, 0.15) is 5.82 Å². The molecule has 2 aliphatic rings. The van der Waals surface area contributed by atoms with Crippen LogP contribution in [0, 0.1) is 5.41 Å². The average molecular weight is 437 g/mol. The monoisotopic (exact) mass is 436 g/mol. The van der Waals surface area contributed by atoms with Gasteiger partial charge in [-0.2, -0.15) is 5.10 Å². The van der Waals surface area contributed by atoms with Crippen molar-refractivity contribution >= 4 is 53.3 Å². The summed E-state index contributed by atoms with van der Waals surface area (Å²) in [4.78, 5) is 18.5. The summed E-state index contributed by atoms with van der Waals surface area (Å²) in [6, 6.07) is 4.07.